The molecular formula is C19H20N2O4. The highest BCUT2D eigenvalue weighted by Crippen LogP contribution is 2.30. The van der Waals surface area contributed by atoms with E-state index in [0.717, 1.165) is 16.8 Å². The minimum absolute atomic E-state index is 0.0337. The second-order valence-electron chi connectivity index (χ2n) is 5.83. The van der Waals surface area contributed by atoms with Gasteiger partial charge >= 0.3 is 0 Å². The monoisotopic (exact) mass is 340 g/mol. The van der Waals surface area contributed by atoms with Crippen LogP contribution in [0.4, 0.5) is 11.4 Å². The summed E-state index contributed by atoms with van der Waals surface area (Å²) in [6.07, 6.45) is 1.44. The Morgan fingerprint density at radius 1 is 1.08 bits per heavy atom. The van der Waals surface area contributed by atoms with Crippen molar-refractivity contribution in [2.75, 3.05) is 24.9 Å². The fourth-order valence-corrected chi connectivity index (χ4v) is 2.85. The molecule has 0 aliphatic carbocycles. The summed E-state index contributed by atoms with van der Waals surface area (Å²) in [5, 5.41) is 5.70. The van der Waals surface area contributed by atoms with Gasteiger partial charge in [0.15, 0.2) is 11.5 Å². The topological polar surface area (TPSA) is 76.7 Å². The maximum atomic E-state index is 12.3. The van der Waals surface area contributed by atoms with Gasteiger partial charge in [0, 0.05) is 23.9 Å². The molecule has 1 heterocycles. The molecule has 1 aliphatic rings. The molecule has 0 saturated carbocycles. The van der Waals surface area contributed by atoms with Gasteiger partial charge in [-0.2, -0.15) is 0 Å². The molecule has 0 bridgehead atoms. The Balaban J connectivity index is 1.68. The first kappa shape index (κ1) is 16.8. The highest BCUT2D eigenvalue weighted by Gasteiger charge is 2.15. The summed E-state index contributed by atoms with van der Waals surface area (Å²) in [6, 6.07) is 10.9. The molecule has 0 spiro atoms. The average Bonchev–Trinajstić information content (AvgIpc) is 2.61. The first-order valence-corrected chi connectivity index (χ1v) is 8.02. The number of fused-ring (bicyclic) bond motifs is 1. The highest BCUT2D eigenvalue weighted by atomic mass is 16.5. The van der Waals surface area contributed by atoms with Crippen LogP contribution in [0, 0.1) is 0 Å². The Bertz CT molecular complexity index is 817. The zero-order chi connectivity index (χ0) is 17.8. The number of aryl methyl sites for hydroxylation is 1. The van der Waals surface area contributed by atoms with Crippen LogP contribution in [0.5, 0.6) is 11.5 Å². The lowest BCUT2D eigenvalue weighted by Gasteiger charge is -2.17. The Kier molecular flexibility index (Phi) is 4.88. The zero-order valence-electron chi connectivity index (χ0n) is 14.2. The molecule has 2 aromatic rings. The van der Waals surface area contributed by atoms with Crippen molar-refractivity contribution in [3.05, 3.63) is 47.5 Å². The average molecular weight is 340 g/mol. The molecular weight excluding hydrogens is 320 g/mol. The predicted octanol–water partition coefficient (Wildman–Crippen LogP) is 2.77. The predicted molar refractivity (Wildman–Crippen MR) is 95.3 cm³/mol. The number of carbonyl (C=O) groups excluding carboxylic acids is 2. The summed E-state index contributed by atoms with van der Waals surface area (Å²) in [7, 11) is 3.12. The van der Waals surface area contributed by atoms with E-state index < -0.39 is 0 Å². The SMILES string of the molecule is COc1ccc(NC(=O)Cc2ccc3c(c2)CCC(=O)N3)cc1OC. The number of methoxy groups -OCH3 is 2. The van der Waals surface area contributed by atoms with Gasteiger partial charge in [-0.1, -0.05) is 12.1 Å². The second kappa shape index (κ2) is 7.25. The summed E-state index contributed by atoms with van der Waals surface area (Å²) >= 11 is 0. The molecule has 6 nitrogen and oxygen atoms in total. The molecule has 0 unspecified atom stereocenters. The molecule has 0 aromatic heterocycles. The molecule has 1 aliphatic heterocycles. The van der Waals surface area contributed by atoms with Crippen molar-refractivity contribution < 1.29 is 19.1 Å². The fourth-order valence-electron chi connectivity index (χ4n) is 2.85. The molecule has 2 N–H and O–H groups in total. The van der Waals surface area contributed by atoms with Gasteiger partial charge in [0.05, 0.1) is 20.6 Å². The van der Waals surface area contributed by atoms with E-state index >= 15 is 0 Å². The highest BCUT2D eigenvalue weighted by molar-refractivity contribution is 5.95. The molecule has 0 fully saturated rings. The van der Waals surface area contributed by atoms with Gasteiger partial charge in [0.1, 0.15) is 0 Å². The third kappa shape index (κ3) is 3.91. The van der Waals surface area contributed by atoms with Crippen LogP contribution < -0.4 is 20.1 Å². The van der Waals surface area contributed by atoms with Crippen molar-refractivity contribution in [2.45, 2.75) is 19.3 Å². The lowest BCUT2D eigenvalue weighted by atomic mass is 9.99. The van der Waals surface area contributed by atoms with Gasteiger partial charge < -0.3 is 20.1 Å². The van der Waals surface area contributed by atoms with Crippen molar-refractivity contribution in [1.29, 1.82) is 0 Å². The van der Waals surface area contributed by atoms with Crippen molar-refractivity contribution >= 4 is 23.2 Å². The van der Waals surface area contributed by atoms with Crippen LogP contribution >= 0.6 is 0 Å². The standard InChI is InChI=1S/C19H20N2O4/c1-24-16-7-5-14(11-17(16)25-2)20-19(23)10-12-3-6-15-13(9-12)4-8-18(22)21-15/h3,5-7,9,11H,4,8,10H2,1-2H3,(H,20,23)(H,21,22). The number of carbonyl (C=O) groups is 2. The largest absolute Gasteiger partial charge is 0.493 e. The minimum Gasteiger partial charge on any atom is -0.493 e. The van der Waals surface area contributed by atoms with E-state index in [1.807, 2.05) is 18.2 Å². The number of rotatable bonds is 5. The van der Waals surface area contributed by atoms with Crippen molar-refractivity contribution in [3.8, 4) is 11.5 Å². The van der Waals surface area contributed by atoms with Crippen LogP contribution in [0.1, 0.15) is 17.5 Å². The summed E-state index contributed by atoms with van der Waals surface area (Å²) in [6.45, 7) is 0. The van der Waals surface area contributed by atoms with Crippen LogP contribution in [0.15, 0.2) is 36.4 Å². The first-order chi connectivity index (χ1) is 12.1. The number of anilines is 2. The van der Waals surface area contributed by atoms with Crippen LogP contribution in [-0.2, 0) is 22.4 Å². The van der Waals surface area contributed by atoms with E-state index in [9.17, 15) is 9.59 Å². The van der Waals surface area contributed by atoms with E-state index in [1.54, 1.807) is 32.4 Å². The summed E-state index contributed by atoms with van der Waals surface area (Å²) in [5.74, 6) is 1.08. The number of amides is 2. The van der Waals surface area contributed by atoms with Gasteiger partial charge in [0.25, 0.3) is 0 Å². The Morgan fingerprint density at radius 3 is 2.64 bits per heavy atom. The first-order valence-electron chi connectivity index (χ1n) is 8.02. The third-order valence-corrected chi connectivity index (χ3v) is 4.10. The summed E-state index contributed by atoms with van der Waals surface area (Å²) in [5.41, 5.74) is 3.46. The number of hydrogen-bond donors (Lipinski definition) is 2. The number of ether oxygens (including phenoxy) is 2. The maximum absolute atomic E-state index is 12.3. The van der Waals surface area contributed by atoms with Gasteiger partial charge in [-0.05, 0) is 35.7 Å². The quantitative estimate of drug-likeness (QED) is 0.877. The Labute approximate surface area is 146 Å². The fraction of sp³-hybridized carbons (Fsp3) is 0.263. The Morgan fingerprint density at radius 2 is 1.88 bits per heavy atom. The molecule has 25 heavy (non-hydrogen) atoms. The molecule has 0 saturated heterocycles. The number of nitrogens with one attached hydrogen (secondary N) is 2. The van der Waals surface area contributed by atoms with Gasteiger partial charge in [0.2, 0.25) is 11.8 Å². The summed E-state index contributed by atoms with van der Waals surface area (Å²) < 4.78 is 10.4. The lowest BCUT2D eigenvalue weighted by molar-refractivity contribution is -0.117. The molecule has 0 radical (unpaired) electrons. The molecule has 2 amide bonds. The molecule has 6 heteroatoms. The maximum Gasteiger partial charge on any atom is 0.228 e. The van der Waals surface area contributed by atoms with E-state index in [1.165, 1.54) is 0 Å². The van der Waals surface area contributed by atoms with Crippen LogP contribution in [0.3, 0.4) is 0 Å². The van der Waals surface area contributed by atoms with E-state index in [2.05, 4.69) is 10.6 Å². The second-order valence-corrected chi connectivity index (χ2v) is 5.83. The third-order valence-electron chi connectivity index (χ3n) is 4.10. The number of benzene rings is 2. The van der Waals surface area contributed by atoms with Crippen LogP contribution in [0.2, 0.25) is 0 Å². The van der Waals surface area contributed by atoms with E-state index in [0.29, 0.717) is 30.0 Å². The zero-order valence-corrected chi connectivity index (χ0v) is 14.2. The van der Waals surface area contributed by atoms with E-state index in [4.69, 9.17) is 9.47 Å². The Hall–Kier alpha value is -3.02. The molecule has 2 aromatic carbocycles. The van der Waals surface area contributed by atoms with Gasteiger partial charge in [-0.15, -0.1) is 0 Å². The van der Waals surface area contributed by atoms with E-state index in [-0.39, 0.29) is 18.2 Å². The van der Waals surface area contributed by atoms with Crippen LogP contribution in [-0.4, -0.2) is 26.0 Å². The van der Waals surface area contributed by atoms with Gasteiger partial charge in [-0.25, -0.2) is 0 Å². The summed E-state index contributed by atoms with van der Waals surface area (Å²) in [4.78, 5) is 23.7. The van der Waals surface area contributed by atoms with Crippen molar-refractivity contribution in [2.24, 2.45) is 0 Å². The normalized spacial score (nSPS) is 12.8. The van der Waals surface area contributed by atoms with Crippen molar-refractivity contribution in [1.82, 2.24) is 0 Å². The lowest BCUT2D eigenvalue weighted by Crippen LogP contribution is -2.19. The molecule has 3 rings (SSSR count). The molecule has 0 atom stereocenters. The minimum atomic E-state index is -0.119. The van der Waals surface area contributed by atoms with Crippen molar-refractivity contribution in [3.63, 3.8) is 0 Å². The van der Waals surface area contributed by atoms with Crippen LogP contribution in [0.25, 0.3) is 0 Å². The molecule has 130 valence electrons. The van der Waals surface area contributed by atoms with Gasteiger partial charge in [-0.3, -0.25) is 9.59 Å². The smallest absolute Gasteiger partial charge is 0.228 e. The number of hydrogen-bond acceptors (Lipinski definition) is 4.